The highest BCUT2D eigenvalue weighted by atomic mass is 19.1. The third-order valence-electron chi connectivity index (χ3n) is 6.82. The zero-order valence-corrected chi connectivity index (χ0v) is 19.3. The zero-order chi connectivity index (χ0) is 23.8. The van der Waals surface area contributed by atoms with Crippen molar-refractivity contribution in [3.8, 4) is 6.07 Å². The SMILES string of the molecule is CN(C)c1ccc(C2(c3ccc(C#N)c(F)c3)CC=C(N3CCC(N)CC3)C(=O)N2C)cn1. The molecule has 1 aromatic carbocycles. The van der Waals surface area contributed by atoms with Crippen LogP contribution in [0, 0.1) is 17.1 Å². The maximum atomic E-state index is 14.7. The molecule has 3 heterocycles. The molecule has 0 saturated carbocycles. The standard InChI is InChI=1S/C25H29FN6O/c1-30(2)23-7-6-19(16-29-23)25(18-5-4-17(15-27)21(26)14-18)11-8-22(24(33)31(25)3)32-12-9-20(28)10-13-32/h4-8,14,16,20H,9-13,28H2,1-3H3. The number of aromatic nitrogens is 1. The van der Waals surface area contributed by atoms with Crippen molar-refractivity contribution in [1.82, 2.24) is 14.8 Å². The highest BCUT2D eigenvalue weighted by Crippen LogP contribution is 2.43. The number of carbonyl (C=O) groups is 1. The van der Waals surface area contributed by atoms with Crippen molar-refractivity contribution in [2.24, 2.45) is 5.73 Å². The number of anilines is 1. The lowest BCUT2D eigenvalue weighted by Crippen LogP contribution is -2.54. The number of hydrogen-bond donors (Lipinski definition) is 1. The van der Waals surface area contributed by atoms with Crippen molar-refractivity contribution in [1.29, 1.82) is 5.26 Å². The Hall–Kier alpha value is -3.44. The van der Waals surface area contributed by atoms with Gasteiger partial charge in [-0.05, 0) is 43.0 Å². The molecule has 2 aliphatic rings. The Bertz CT molecular complexity index is 1110. The van der Waals surface area contributed by atoms with E-state index in [4.69, 9.17) is 5.73 Å². The van der Waals surface area contributed by atoms with E-state index in [2.05, 4.69) is 9.88 Å². The molecule has 1 saturated heterocycles. The van der Waals surface area contributed by atoms with Crippen molar-refractivity contribution in [2.75, 3.05) is 39.1 Å². The first-order valence-corrected chi connectivity index (χ1v) is 11.1. The highest BCUT2D eigenvalue weighted by molar-refractivity contribution is 5.95. The maximum absolute atomic E-state index is 14.7. The lowest BCUT2D eigenvalue weighted by Gasteiger charge is -2.47. The molecular weight excluding hydrogens is 419 g/mol. The molecule has 2 N–H and O–H groups in total. The molecule has 1 unspecified atom stereocenters. The topological polar surface area (TPSA) is 89.5 Å². The Kier molecular flexibility index (Phi) is 6.09. The van der Waals surface area contributed by atoms with Crippen LogP contribution in [0.15, 0.2) is 48.3 Å². The summed E-state index contributed by atoms with van der Waals surface area (Å²) in [5.41, 5.74) is 7.12. The number of carbonyl (C=O) groups excluding carboxylic acids is 1. The van der Waals surface area contributed by atoms with E-state index in [0.717, 1.165) is 37.3 Å². The fourth-order valence-corrected chi connectivity index (χ4v) is 4.77. The zero-order valence-electron chi connectivity index (χ0n) is 19.3. The molecule has 33 heavy (non-hydrogen) atoms. The number of likely N-dealkylation sites (N-methyl/N-ethyl adjacent to an activating group) is 1. The van der Waals surface area contributed by atoms with Gasteiger partial charge in [-0.2, -0.15) is 5.26 Å². The molecule has 0 aliphatic carbocycles. The smallest absolute Gasteiger partial charge is 0.270 e. The Balaban J connectivity index is 1.82. The molecule has 172 valence electrons. The van der Waals surface area contributed by atoms with E-state index in [1.807, 2.05) is 43.3 Å². The monoisotopic (exact) mass is 448 g/mol. The third kappa shape index (κ3) is 3.93. The minimum Gasteiger partial charge on any atom is -0.367 e. The second-order valence-electron chi connectivity index (χ2n) is 8.95. The Morgan fingerprint density at radius 3 is 2.48 bits per heavy atom. The fraction of sp³-hybridized carbons (Fsp3) is 0.400. The maximum Gasteiger partial charge on any atom is 0.270 e. The van der Waals surface area contributed by atoms with Gasteiger partial charge in [0.25, 0.3) is 5.91 Å². The molecule has 0 radical (unpaired) electrons. The minimum atomic E-state index is -0.945. The Morgan fingerprint density at radius 2 is 1.91 bits per heavy atom. The lowest BCUT2D eigenvalue weighted by molar-refractivity contribution is -0.133. The van der Waals surface area contributed by atoms with Gasteiger partial charge in [0, 0.05) is 52.0 Å². The van der Waals surface area contributed by atoms with E-state index in [1.165, 1.54) is 12.1 Å². The summed E-state index contributed by atoms with van der Waals surface area (Å²) in [5.74, 6) is 0.0525. The van der Waals surface area contributed by atoms with E-state index >= 15 is 0 Å². The second-order valence-corrected chi connectivity index (χ2v) is 8.95. The average Bonchev–Trinajstić information content (AvgIpc) is 2.82. The van der Waals surface area contributed by atoms with Gasteiger partial charge < -0.3 is 20.4 Å². The van der Waals surface area contributed by atoms with Crippen molar-refractivity contribution in [2.45, 2.75) is 30.8 Å². The Labute approximate surface area is 193 Å². The van der Waals surface area contributed by atoms with E-state index in [1.54, 1.807) is 24.2 Å². The summed E-state index contributed by atoms with van der Waals surface area (Å²) in [6.45, 7) is 1.48. The normalized spacial score (nSPS) is 21.6. The number of pyridine rings is 1. The molecule has 0 spiro atoms. The van der Waals surface area contributed by atoms with Crippen LogP contribution in [0.3, 0.4) is 0 Å². The molecule has 1 amide bonds. The number of likely N-dealkylation sites (tertiary alicyclic amines) is 1. The predicted molar refractivity (Wildman–Crippen MR) is 125 cm³/mol. The van der Waals surface area contributed by atoms with Crippen LogP contribution in [0.5, 0.6) is 0 Å². The summed E-state index contributed by atoms with van der Waals surface area (Å²) in [6.07, 6.45) is 5.84. The van der Waals surface area contributed by atoms with E-state index in [9.17, 15) is 14.4 Å². The summed E-state index contributed by atoms with van der Waals surface area (Å²) in [4.78, 5) is 23.9. The van der Waals surface area contributed by atoms with Crippen LogP contribution in [0.25, 0.3) is 0 Å². The second kappa shape index (κ2) is 8.83. The summed E-state index contributed by atoms with van der Waals surface area (Å²) in [6, 6.07) is 10.4. The van der Waals surface area contributed by atoms with Crippen molar-refractivity contribution < 1.29 is 9.18 Å². The molecule has 8 heteroatoms. The van der Waals surface area contributed by atoms with Crippen molar-refractivity contribution >= 4 is 11.7 Å². The number of nitrogens with zero attached hydrogens (tertiary/aromatic N) is 5. The van der Waals surface area contributed by atoms with Crippen molar-refractivity contribution in [3.63, 3.8) is 0 Å². The highest BCUT2D eigenvalue weighted by Gasteiger charge is 2.45. The molecule has 1 atom stereocenters. The minimum absolute atomic E-state index is 0.0272. The van der Waals surface area contributed by atoms with Gasteiger partial charge in [-0.3, -0.25) is 4.79 Å². The van der Waals surface area contributed by atoms with Gasteiger partial charge in [0.2, 0.25) is 0 Å². The lowest BCUT2D eigenvalue weighted by atomic mass is 9.76. The number of nitriles is 1. The third-order valence-corrected chi connectivity index (χ3v) is 6.82. The largest absolute Gasteiger partial charge is 0.367 e. The molecule has 0 bridgehead atoms. The number of halogens is 1. The summed E-state index contributed by atoms with van der Waals surface area (Å²) in [5, 5.41) is 9.18. The van der Waals surface area contributed by atoms with Crippen molar-refractivity contribution in [3.05, 3.63) is 70.8 Å². The molecular formula is C25H29FN6O. The molecule has 1 aromatic heterocycles. The van der Waals surface area contributed by atoms with Gasteiger partial charge >= 0.3 is 0 Å². The van der Waals surface area contributed by atoms with Crippen LogP contribution < -0.4 is 10.6 Å². The number of rotatable bonds is 4. The average molecular weight is 449 g/mol. The summed E-state index contributed by atoms with van der Waals surface area (Å²) in [7, 11) is 5.56. The summed E-state index contributed by atoms with van der Waals surface area (Å²) >= 11 is 0. The Morgan fingerprint density at radius 1 is 1.21 bits per heavy atom. The van der Waals surface area contributed by atoms with Gasteiger partial charge in [-0.1, -0.05) is 18.2 Å². The van der Waals surface area contributed by atoms with E-state index in [0.29, 0.717) is 17.7 Å². The molecule has 2 aliphatic heterocycles. The van der Waals surface area contributed by atoms with Crippen LogP contribution in [-0.2, 0) is 10.3 Å². The van der Waals surface area contributed by atoms with Gasteiger partial charge in [0.1, 0.15) is 17.7 Å². The van der Waals surface area contributed by atoms with Gasteiger partial charge in [-0.25, -0.2) is 9.37 Å². The predicted octanol–water partition coefficient (Wildman–Crippen LogP) is 2.57. The molecule has 2 aromatic rings. The fourth-order valence-electron chi connectivity index (χ4n) is 4.77. The van der Waals surface area contributed by atoms with E-state index in [-0.39, 0.29) is 17.5 Å². The number of nitrogens with two attached hydrogens (primary N) is 1. The van der Waals surface area contributed by atoms with Crippen LogP contribution in [0.4, 0.5) is 10.2 Å². The van der Waals surface area contributed by atoms with Crippen LogP contribution in [0.1, 0.15) is 36.0 Å². The first-order valence-electron chi connectivity index (χ1n) is 11.1. The molecule has 4 rings (SSSR count). The van der Waals surface area contributed by atoms with Gasteiger partial charge in [-0.15, -0.1) is 0 Å². The molecule has 7 nitrogen and oxygen atoms in total. The quantitative estimate of drug-likeness (QED) is 0.773. The summed E-state index contributed by atoms with van der Waals surface area (Å²) < 4.78 is 14.7. The number of hydrogen-bond acceptors (Lipinski definition) is 6. The number of benzene rings is 1. The number of piperidine rings is 1. The van der Waals surface area contributed by atoms with Gasteiger partial charge in [0.15, 0.2) is 0 Å². The first kappa shape index (κ1) is 22.7. The van der Waals surface area contributed by atoms with Gasteiger partial charge in [0.05, 0.1) is 16.8 Å². The number of amides is 1. The van der Waals surface area contributed by atoms with Crippen LogP contribution in [0.2, 0.25) is 0 Å². The van der Waals surface area contributed by atoms with Crippen LogP contribution in [-0.4, -0.2) is 61.0 Å². The first-order chi connectivity index (χ1) is 15.8. The molecule has 1 fully saturated rings. The van der Waals surface area contributed by atoms with Crippen LogP contribution >= 0.6 is 0 Å². The van der Waals surface area contributed by atoms with E-state index < -0.39 is 11.4 Å².